The molecule has 2 heterocycles. The number of aryl methyl sites for hydroxylation is 1. The molecule has 0 aliphatic rings. The Balaban J connectivity index is 2.66. The van der Waals surface area contributed by atoms with Gasteiger partial charge in [-0.25, -0.2) is 9.37 Å². The summed E-state index contributed by atoms with van der Waals surface area (Å²) in [5.41, 5.74) is -1.54. The average molecular weight is 365 g/mol. The fourth-order valence-electron chi connectivity index (χ4n) is 2.39. The summed E-state index contributed by atoms with van der Waals surface area (Å²) >= 11 is 0. The van der Waals surface area contributed by atoms with Gasteiger partial charge in [-0.1, -0.05) is 20.8 Å². The van der Waals surface area contributed by atoms with Crippen LogP contribution < -0.4 is 10.9 Å². The zero-order chi connectivity index (χ0) is 19.6. The smallest absolute Gasteiger partial charge is 0.322 e. The number of carbonyl (C=O) groups excluding carboxylic acids is 1. The molecule has 2 rings (SSSR count). The largest absolute Gasteiger partial charge is 0.506 e. The average Bonchev–Trinajstić information content (AvgIpc) is 2.52. The second-order valence-electron chi connectivity index (χ2n) is 7.09. The molecule has 3 N–H and O–H groups in total. The minimum Gasteiger partial charge on any atom is -0.506 e. The lowest BCUT2D eigenvalue weighted by Gasteiger charge is -2.20. The molecule has 0 fully saturated rings. The van der Waals surface area contributed by atoms with Crippen LogP contribution in [0.4, 0.5) is 4.39 Å². The number of fused-ring (bicyclic) bond motifs is 1. The van der Waals surface area contributed by atoms with Crippen molar-refractivity contribution in [3.8, 4) is 5.75 Å². The first-order chi connectivity index (χ1) is 12.0. The van der Waals surface area contributed by atoms with Gasteiger partial charge < -0.3 is 15.5 Å². The molecule has 0 atom stereocenters. The summed E-state index contributed by atoms with van der Waals surface area (Å²) in [6.45, 7) is 5.37. The first kappa shape index (κ1) is 19.4. The number of aromatic hydroxyl groups is 1. The molecular formula is C17H20FN3O5. The van der Waals surface area contributed by atoms with Gasteiger partial charge in [0.2, 0.25) is 0 Å². The van der Waals surface area contributed by atoms with Gasteiger partial charge in [0, 0.05) is 6.54 Å². The molecule has 0 aliphatic carbocycles. The van der Waals surface area contributed by atoms with Gasteiger partial charge in [0.05, 0.1) is 11.6 Å². The molecule has 8 nitrogen and oxygen atoms in total. The number of nitrogens with one attached hydrogen (secondary N) is 1. The molecule has 1 amide bonds. The van der Waals surface area contributed by atoms with E-state index in [4.69, 9.17) is 5.11 Å². The fraction of sp³-hybridized carbons (Fsp3) is 0.412. The van der Waals surface area contributed by atoms with Gasteiger partial charge >= 0.3 is 5.97 Å². The van der Waals surface area contributed by atoms with E-state index in [9.17, 15) is 23.9 Å². The summed E-state index contributed by atoms with van der Waals surface area (Å²) < 4.78 is 14.8. The molecule has 9 heteroatoms. The number of nitrogens with zero attached hydrogens (tertiary/aromatic N) is 2. The van der Waals surface area contributed by atoms with Crippen molar-refractivity contribution in [2.24, 2.45) is 5.41 Å². The van der Waals surface area contributed by atoms with Gasteiger partial charge in [0.1, 0.15) is 29.3 Å². The number of carboxylic acid groups (broad SMARTS) is 1. The normalized spacial score (nSPS) is 11.5. The third-order valence-corrected chi connectivity index (χ3v) is 3.75. The highest BCUT2D eigenvalue weighted by Crippen LogP contribution is 2.27. The summed E-state index contributed by atoms with van der Waals surface area (Å²) in [4.78, 5) is 39.5. The second-order valence-corrected chi connectivity index (χ2v) is 7.09. The van der Waals surface area contributed by atoms with Crippen molar-refractivity contribution in [3.63, 3.8) is 0 Å². The highest BCUT2D eigenvalue weighted by molar-refractivity contribution is 6.02. The van der Waals surface area contributed by atoms with Crippen LogP contribution in [0.1, 0.15) is 37.6 Å². The molecule has 26 heavy (non-hydrogen) atoms. The van der Waals surface area contributed by atoms with E-state index in [0.29, 0.717) is 6.42 Å². The maximum absolute atomic E-state index is 13.6. The number of aromatic nitrogens is 2. The number of carbonyl (C=O) groups is 2. The van der Waals surface area contributed by atoms with E-state index in [0.717, 1.165) is 12.3 Å². The molecule has 0 spiro atoms. The van der Waals surface area contributed by atoms with Crippen LogP contribution in [0, 0.1) is 11.2 Å². The van der Waals surface area contributed by atoms with Crippen molar-refractivity contribution in [3.05, 3.63) is 34.0 Å². The molecular weight excluding hydrogens is 345 g/mol. The van der Waals surface area contributed by atoms with E-state index < -0.39 is 41.1 Å². The number of carboxylic acids is 1. The van der Waals surface area contributed by atoms with Crippen LogP contribution >= 0.6 is 0 Å². The first-order valence-corrected chi connectivity index (χ1v) is 7.92. The minimum absolute atomic E-state index is 0.0490. The molecule has 0 saturated carbocycles. The third kappa shape index (κ3) is 4.16. The Labute approximate surface area is 148 Å². The van der Waals surface area contributed by atoms with E-state index in [2.05, 4.69) is 4.98 Å². The van der Waals surface area contributed by atoms with Gasteiger partial charge in [-0.3, -0.25) is 19.0 Å². The summed E-state index contributed by atoms with van der Waals surface area (Å²) in [5, 5.41) is 20.9. The summed E-state index contributed by atoms with van der Waals surface area (Å²) in [5.74, 6) is -3.83. The summed E-state index contributed by atoms with van der Waals surface area (Å²) in [6.07, 6.45) is 1.47. The van der Waals surface area contributed by atoms with E-state index in [1.165, 1.54) is 4.57 Å². The highest BCUT2D eigenvalue weighted by atomic mass is 19.1. The van der Waals surface area contributed by atoms with Gasteiger partial charge in [0.15, 0.2) is 0 Å². The van der Waals surface area contributed by atoms with Gasteiger partial charge in [0.25, 0.3) is 11.5 Å². The maximum atomic E-state index is 13.6. The Morgan fingerprint density at radius 2 is 2.00 bits per heavy atom. The van der Waals surface area contributed by atoms with Crippen LogP contribution in [0.3, 0.4) is 0 Å². The topological polar surface area (TPSA) is 122 Å². The number of halogens is 1. The van der Waals surface area contributed by atoms with Gasteiger partial charge in [-0.05, 0) is 17.9 Å². The van der Waals surface area contributed by atoms with Crippen LogP contribution in [0.2, 0.25) is 0 Å². The number of amides is 1. The van der Waals surface area contributed by atoms with E-state index >= 15 is 0 Å². The standard InChI is InChI=1S/C17H20FN3O5/c1-17(2,3)4-5-21-14-10(6-9(18)7-19-14)13(24)12(16(21)26)15(25)20-8-11(22)23/h6-7,24H,4-5,8H2,1-3H3,(H,20,25)(H,22,23). The molecule has 0 saturated heterocycles. The van der Waals surface area contributed by atoms with Crippen LogP contribution in [0.25, 0.3) is 11.0 Å². The lowest BCUT2D eigenvalue weighted by molar-refractivity contribution is -0.135. The molecule has 0 unspecified atom stereocenters. The van der Waals surface area contributed by atoms with Crippen LogP contribution in [-0.2, 0) is 11.3 Å². The number of hydrogen-bond acceptors (Lipinski definition) is 5. The summed E-state index contributed by atoms with van der Waals surface area (Å²) in [7, 11) is 0. The maximum Gasteiger partial charge on any atom is 0.322 e. The van der Waals surface area contributed by atoms with E-state index in [-0.39, 0.29) is 23.0 Å². The molecule has 2 aromatic heterocycles. The zero-order valence-corrected chi connectivity index (χ0v) is 14.7. The van der Waals surface area contributed by atoms with Crippen molar-refractivity contribution < 1.29 is 24.2 Å². The Morgan fingerprint density at radius 1 is 1.35 bits per heavy atom. The molecule has 140 valence electrons. The van der Waals surface area contributed by atoms with Crippen molar-refractivity contribution in [2.45, 2.75) is 33.7 Å². The first-order valence-electron chi connectivity index (χ1n) is 7.92. The Bertz CT molecular complexity index is 931. The molecule has 0 aliphatic heterocycles. The van der Waals surface area contributed by atoms with Crippen LogP contribution in [0.15, 0.2) is 17.1 Å². The van der Waals surface area contributed by atoms with Crippen molar-refractivity contribution in [2.75, 3.05) is 6.54 Å². The lowest BCUT2D eigenvalue weighted by atomic mass is 9.92. The van der Waals surface area contributed by atoms with Crippen molar-refractivity contribution in [1.82, 2.24) is 14.9 Å². The SMILES string of the molecule is CC(C)(C)CCn1c(=O)c(C(=O)NCC(=O)O)c(O)c2cc(F)cnc21. The number of aliphatic carboxylic acids is 1. The highest BCUT2D eigenvalue weighted by Gasteiger charge is 2.24. The predicted molar refractivity (Wildman–Crippen MR) is 91.7 cm³/mol. The number of hydrogen-bond donors (Lipinski definition) is 3. The van der Waals surface area contributed by atoms with Crippen molar-refractivity contribution in [1.29, 1.82) is 0 Å². The predicted octanol–water partition coefficient (Wildman–Crippen LogP) is 1.49. The molecule has 0 bridgehead atoms. The minimum atomic E-state index is -1.31. The van der Waals surface area contributed by atoms with E-state index in [1.54, 1.807) is 0 Å². The quantitative estimate of drug-likeness (QED) is 0.738. The van der Waals surface area contributed by atoms with E-state index in [1.807, 2.05) is 26.1 Å². The monoisotopic (exact) mass is 365 g/mol. The lowest BCUT2D eigenvalue weighted by Crippen LogP contribution is -2.36. The van der Waals surface area contributed by atoms with Gasteiger partial charge in [-0.15, -0.1) is 0 Å². The van der Waals surface area contributed by atoms with Crippen LogP contribution in [0.5, 0.6) is 5.75 Å². The Hall–Kier alpha value is -2.97. The molecule has 2 aromatic rings. The fourth-order valence-corrected chi connectivity index (χ4v) is 2.39. The Morgan fingerprint density at radius 3 is 2.58 bits per heavy atom. The second kappa shape index (κ2) is 7.11. The summed E-state index contributed by atoms with van der Waals surface area (Å²) in [6, 6.07) is 0.971. The third-order valence-electron chi connectivity index (χ3n) is 3.75. The molecule has 0 aromatic carbocycles. The number of rotatable bonds is 5. The molecule has 0 radical (unpaired) electrons. The number of pyridine rings is 2. The Kier molecular flexibility index (Phi) is 5.29. The van der Waals surface area contributed by atoms with Gasteiger partial charge in [-0.2, -0.15) is 0 Å². The van der Waals surface area contributed by atoms with Crippen molar-refractivity contribution >= 4 is 22.9 Å². The zero-order valence-electron chi connectivity index (χ0n) is 14.7. The van der Waals surface area contributed by atoms with Crippen LogP contribution in [-0.4, -0.2) is 38.2 Å².